The molecule has 0 aliphatic heterocycles. The second kappa shape index (κ2) is 5.19. The van der Waals surface area contributed by atoms with Crippen LogP contribution in [0.4, 0.5) is 0 Å². The van der Waals surface area contributed by atoms with Crippen molar-refractivity contribution in [2.75, 3.05) is 0 Å². The predicted octanol–water partition coefficient (Wildman–Crippen LogP) is 3.65. The van der Waals surface area contributed by atoms with Gasteiger partial charge in [0.15, 0.2) is 5.75 Å². The van der Waals surface area contributed by atoms with Crippen LogP contribution < -0.4 is 4.74 Å². The van der Waals surface area contributed by atoms with Crippen LogP contribution in [0.25, 0.3) is 0 Å². The third kappa shape index (κ3) is 2.98. The number of halogens is 2. The molecule has 1 aromatic rings. The van der Waals surface area contributed by atoms with Crippen LogP contribution in [0.5, 0.6) is 5.75 Å². The van der Waals surface area contributed by atoms with Crippen LogP contribution in [-0.2, 0) is 11.2 Å². The van der Waals surface area contributed by atoms with E-state index in [9.17, 15) is 4.79 Å². The normalized spacial score (nSPS) is 9.80. The molecule has 0 aliphatic carbocycles. The van der Waals surface area contributed by atoms with E-state index in [1.165, 1.54) is 6.92 Å². The Morgan fingerprint density at radius 3 is 2.73 bits per heavy atom. The van der Waals surface area contributed by atoms with Gasteiger partial charge in [0.25, 0.3) is 0 Å². The summed E-state index contributed by atoms with van der Waals surface area (Å²) in [6.45, 7) is 4.91. The lowest BCUT2D eigenvalue weighted by atomic mass is 10.1. The third-order valence-corrected chi connectivity index (χ3v) is 2.45. The highest BCUT2D eigenvalue weighted by atomic mass is 35.5. The summed E-state index contributed by atoms with van der Waals surface area (Å²) >= 11 is 11.9. The molecule has 0 saturated heterocycles. The van der Waals surface area contributed by atoms with Gasteiger partial charge in [0.1, 0.15) is 0 Å². The molecular formula is C11H10Cl2O2. The van der Waals surface area contributed by atoms with Crippen molar-refractivity contribution in [3.63, 3.8) is 0 Å². The van der Waals surface area contributed by atoms with Crippen LogP contribution in [0.3, 0.4) is 0 Å². The van der Waals surface area contributed by atoms with Gasteiger partial charge in [0.2, 0.25) is 0 Å². The van der Waals surface area contributed by atoms with Crippen LogP contribution in [0.1, 0.15) is 12.5 Å². The van der Waals surface area contributed by atoms with Crippen LogP contribution >= 0.6 is 23.2 Å². The van der Waals surface area contributed by atoms with Crippen molar-refractivity contribution in [1.82, 2.24) is 0 Å². The van der Waals surface area contributed by atoms with E-state index >= 15 is 0 Å². The lowest BCUT2D eigenvalue weighted by Crippen LogP contribution is -2.03. The number of ether oxygens (including phenoxy) is 1. The molecule has 0 heterocycles. The monoisotopic (exact) mass is 244 g/mol. The van der Waals surface area contributed by atoms with Gasteiger partial charge in [0.05, 0.1) is 10.0 Å². The smallest absolute Gasteiger partial charge is 0.308 e. The minimum atomic E-state index is -0.449. The molecule has 0 spiro atoms. The summed E-state index contributed by atoms with van der Waals surface area (Å²) < 4.78 is 4.93. The summed E-state index contributed by atoms with van der Waals surface area (Å²) in [6, 6.07) is 3.42. The van der Waals surface area contributed by atoms with Crippen molar-refractivity contribution in [1.29, 1.82) is 0 Å². The molecule has 0 atom stereocenters. The highest BCUT2D eigenvalue weighted by Crippen LogP contribution is 2.35. The van der Waals surface area contributed by atoms with Gasteiger partial charge in [-0.1, -0.05) is 35.3 Å². The number of allylic oxidation sites excluding steroid dienone is 1. The molecule has 2 nitrogen and oxygen atoms in total. The molecule has 0 aliphatic rings. The van der Waals surface area contributed by atoms with E-state index in [0.29, 0.717) is 16.5 Å². The quantitative estimate of drug-likeness (QED) is 0.461. The Balaban J connectivity index is 3.16. The summed E-state index contributed by atoms with van der Waals surface area (Å²) in [5, 5.41) is 0.681. The largest absolute Gasteiger partial charge is 0.424 e. The number of benzene rings is 1. The van der Waals surface area contributed by atoms with E-state index in [1.54, 1.807) is 18.2 Å². The molecule has 0 aromatic heterocycles. The van der Waals surface area contributed by atoms with Crippen molar-refractivity contribution in [3.05, 3.63) is 40.4 Å². The van der Waals surface area contributed by atoms with Crippen molar-refractivity contribution < 1.29 is 9.53 Å². The van der Waals surface area contributed by atoms with Crippen LogP contribution in [0, 0.1) is 0 Å². The highest BCUT2D eigenvalue weighted by molar-refractivity contribution is 6.37. The number of esters is 1. The van der Waals surface area contributed by atoms with E-state index in [4.69, 9.17) is 27.9 Å². The first-order valence-electron chi connectivity index (χ1n) is 4.32. The summed E-state index contributed by atoms with van der Waals surface area (Å²) in [7, 11) is 0. The van der Waals surface area contributed by atoms with Crippen molar-refractivity contribution in [3.8, 4) is 5.75 Å². The van der Waals surface area contributed by atoms with Gasteiger partial charge >= 0.3 is 5.97 Å². The molecule has 4 heteroatoms. The van der Waals surface area contributed by atoms with Gasteiger partial charge in [-0.05, 0) is 18.1 Å². The molecule has 0 bridgehead atoms. The lowest BCUT2D eigenvalue weighted by molar-refractivity contribution is -0.131. The number of rotatable bonds is 3. The van der Waals surface area contributed by atoms with Crippen molar-refractivity contribution in [2.24, 2.45) is 0 Å². The second-order valence-corrected chi connectivity index (χ2v) is 3.72. The van der Waals surface area contributed by atoms with Crippen LogP contribution in [-0.4, -0.2) is 5.97 Å². The van der Waals surface area contributed by atoms with Gasteiger partial charge in [-0.25, -0.2) is 0 Å². The molecule has 15 heavy (non-hydrogen) atoms. The second-order valence-electron chi connectivity index (χ2n) is 2.94. The fourth-order valence-electron chi connectivity index (χ4n) is 1.12. The maximum Gasteiger partial charge on any atom is 0.308 e. The molecule has 0 radical (unpaired) electrons. The maximum atomic E-state index is 10.8. The van der Waals surface area contributed by atoms with Crippen molar-refractivity contribution >= 4 is 29.2 Å². The van der Waals surface area contributed by atoms with Crippen LogP contribution in [0.15, 0.2) is 24.8 Å². The Hall–Kier alpha value is -0.990. The summed E-state index contributed by atoms with van der Waals surface area (Å²) in [5.41, 5.74) is 0.826. The summed E-state index contributed by atoms with van der Waals surface area (Å²) in [5.74, 6) is -0.236. The van der Waals surface area contributed by atoms with E-state index in [2.05, 4.69) is 6.58 Å². The number of carbonyl (C=O) groups is 1. The first kappa shape index (κ1) is 12.1. The third-order valence-electron chi connectivity index (χ3n) is 1.74. The van der Waals surface area contributed by atoms with E-state index < -0.39 is 5.97 Å². The zero-order valence-corrected chi connectivity index (χ0v) is 9.73. The van der Waals surface area contributed by atoms with Crippen molar-refractivity contribution in [2.45, 2.75) is 13.3 Å². The molecule has 0 amide bonds. The SMILES string of the molecule is C=CCc1ccc(Cl)c(OC(C)=O)c1Cl. The molecular weight excluding hydrogens is 235 g/mol. The number of hydrogen-bond donors (Lipinski definition) is 0. The minimum Gasteiger partial charge on any atom is -0.424 e. The average Bonchev–Trinajstić information content (AvgIpc) is 2.17. The molecule has 80 valence electrons. The highest BCUT2D eigenvalue weighted by Gasteiger charge is 2.12. The fraction of sp³-hybridized carbons (Fsp3) is 0.182. The minimum absolute atomic E-state index is 0.213. The fourth-order valence-corrected chi connectivity index (χ4v) is 1.65. The lowest BCUT2D eigenvalue weighted by Gasteiger charge is -2.09. The van der Waals surface area contributed by atoms with Gasteiger partial charge < -0.3 is 4.74 Å². The zero-order chi connectivity index (χ0) is 11.4. The number of carbonyl (C=O) groups excluding carboxylic acids is 1. The average molecular weight is 245 g/mol. The molecule has 1 rings (SSSR count). The van der Waals surface area contributed by atoms with Gasteiger partial charge in [-0.2, -0.15) is 0 Å². The molecule has 0 N–H and O–H groups in total. The Bertz CT molecular complexity index is 400. The zero-order valence-electron chi connectivity index (χ0n) is 8.22. The van der Waals surface area contributed by atoms with E-state index in [1.807, 2.05) is 0 Å². The Morgan fingerprint density at radius 2 is 2.20 bits per heavy atom. The van der Waals surface area contributed by atoms with Crippen LogP contribution in [0.2, 0.25) is 10.0 Å². The Morgan fingerprint density at radius 1 is 1.53 bits per heavy atom. The standard InChI is InChI=1S/C11H10Cl2O2/c1-3-4-8-5-6-9(12)11(10(8)13)15-7(2)14/h3,5-6H,1,4H2,2H3. The first-order chi connectivity index (χ1) is 7.06. The molecule has 0 unspecified atom stereocenters. The topological polar surface area (TPSA) is 26.3 Å². The Labute approximate surface area is 98.4 Å². The molecule has 1 aromatic carbocycles. The first-order valence-corrected chi connectivity index (χ1v) is 5.08. The predicted molar refractivity (Wildman–Crippen MR) is 61.7 cm³/mol. The summed E-state index contributed by atoms with van der Waals surface area (Å²) in [4.78, 5) is 10.8. The molecule has 0 fully saturated rings. The van der Waals surface area contributed by atoms with Gasteiger partial charge in [-0.3, -0.25) is 4.79 Å². The van der Waals surface area contributed by atoms with E-state index in [0.717, 1.165) is 5.56 Å². The molecule has 0 saturated carbocycles. The maximum absolute atomic E-state index is 10.8. The number of hydrogen-bond acceptors (Lipinski definition) is 2. The van der Waals surface area contributed by atoms with Gasteiger partial charge in [-0.15, -0.1) is 6.58 Å². The summed E-state index contributed by atoms with van der Waals surface area (Å²) in [6.07, 6.45) is 2.32. The van der Waals surface area contributed by atoms with Gasteiger partial charge in [0, 0.05) is 6.92 Å². The van der Waals surface area contributed by atoms with E-state index in [-0.39, 0.29) is 5.75 Å². The Kier molecular flexibility index (Phi) is 4.18.